The average Bonchev–Trinajstić information content (AvgIpc) is 2.71. The van der Waals surface area contributed by atoms with Gasteiger partial charge in [0, 0.05) is 21.1 Å². The largest absolute Gasteiger partial charge is 0.448 e. The summed E-state index contributed by atoms with van der Waals surface area (Å²) in [7, 11) is 0. The number of rotatable bonds is 5. The van der Waals surface area contributed by atoms with Gasteiger partial charge in [-0.25, -0.2) is 9.59 Å². The molecule has 1 N–H and O–H groups in total. The molecule has 10 heteroatoms. The molecule has 2 rings (SSSR count). The maximum Gasteiger partial charge on any atom is 0.408 e. The minimum atomic E-state index is -0.619. The number of nitrogens with one attached hydrogen (secondary N) is 1. The topological polar surface area (TPSA) is 102 Å². The van der Waals surface area contributed by atoms with Crippen LogP contribution in [0.1, 0.15) is 82.6 Å². The molecule has 0 radical (unpaired) electrons. The minimum absolute atomic E-state index is 0.153. The Kier molecular flexibility index (Phi) is 12.2. The molecule has 0 aromatic carbocycles. The van der Waals surface area contributed by atoms with Crippen LogP contribution in [0.25, 0.3) is 0 Å². The van der Waals surface area contributed by atoms with E-state index in [1.165, 1.54) is 0 Å². The lowest BCUT2D eigenvalue weighted by molar-refractivity contribution is -0.208. The number of hydrogen-bond acceptors (Lipinski definition) is 9. The molecule has 0 aliphatic carbocycles. The van der Waals surface area contributed by atoms with Crippen LogP contribution in [-0.4, -0.2) is 72.9 Å². The lowest BCUT2D eigenvalue weighted by atomic mass is 9.82. The van der Waals surface area contributed by atoms with Crippen molar-refractivity contribution in [2.45, 2.75) is 118 Å². The van der Waals surface area contributed by atoms with Crippen LogP contribution in [-0.2, 0) is 28.4 Å². The van der Waals surface area contributed by atoms with Crippen molar-refractivity contribution in [2.24, 2.45) is 10.8 Å². The van der Waals surface area contributed by atoms with Crippen LogP contribution in [0.4, 0.5) is 9.59 Å². The lowest BCUT2D eigenvalue weighted by Crippen LogP contribution is -2.45. The summed E-state index contributed by atoms with van der Waals surface area (Å²) >= 11 is 1.15. The Bertz CT molecular complexity index is 910. The predicted octanol–water partition coefficient (Wildman–Crippen LogP) is 6.61. The van der Waals surface area contributed by atoms with Gasteiger partial charge in [-0.2, -0.15) is 0 Å². The first kappa shape index (κ1) is 34.6. The summed E-state index contributed by atoms with van der Waals surface area (Å²) in [6.07, 6.45) is 3.40. The fourth-order valence-electron chi connectivity index (χ4n) is 4.13. The van der Waals surface area contributed by atoms with Crippen LogP contribution in [0.5, 0.6) is 0 Å². The summed E-state index contributed by atoms with van der Waals surface area (Å²) < 4.78 is 35.6. The summed E-state index contributed by atoms with van der Waals surface area (Å²) in [5.41, 5.74) is -0.367. The summed E-state index contributed by atoms with van der Waals surface area (Å²) in [6, 6.07) is 0. The maximum atomic E-state index is 12.8. The molecule has 9 nitrogen and oxygen atoms in total. The molecule has 0 fully saturated rings. The molecule has 0 spiro atoms. The SMILES string of the molecule is CC(C)(C)NC(=O)OC1COC(C(C)(C)C)OC/C=C/1CC(C)(C)C1OC/C=C/C(OC(=O)SC(C)(C)C)CO1. The van der Waals surface area contributed by atoms with Gasteiger partial charge in [-0.15, -0.1) is 0 Å². The van der Waals surface area contributed by atoms with E-state index in [-0.39, 0.29) is 28.7 Å². The van der Waals surface area contributed by atoms with Gasteiger partial charge in [-0.05, 0) is 50.6 Å². The Labute approximate surface area is 245 Å². The zero-order chi connectivity index (χ0) is 30.4. The number of hydrogen-bond donors (Lipinski definition) is 1. The van der Waals surface area contributed by atoms with Crippen molar-refractivity contribution in [3.8, 4) is 0 Å². The number of ether oxygens (including phenoxy) is 6. The fourth-order valence-corrected chi connectivity index (χ4v) is 4.80. The van der Waals surface area contributed by atoms with Crippen LogP contribution in [0, 0.1) is 10.8 Å². The number of thioether (sulfide) groups is 1. The second kappa shape index (κ2) is 14.1. The molecule has 2 aliphatic heterocycles. The zero-order valence-corrected chi connectivity index (χ0v) is 27.1. The van der Waals surface area contributed by atoms with Crippen molar-refractivity contribution in [3.05, 3.63) is 23.8 Å². The van der Waals surface area contributed by atoms with Crippen molar-refractivity contribution in [1.82, 2.24) is 5.32 Å². The molecule has 0 bridgehead atoms. The highest BCUT2D eigenvalue weighted by atomic mass is 32.2. The van der Waals surface area contributed by atoms with E-state index in [0.717, 1.165) is 17.3 Å². The number of amides is 1. The highest BCUT2D eigenvalue weighted by Gasteiger charge is 2.38. The molecular formula is C30H51NO8S. The van der Waals surface area contributed by atoms with Gasteiger partial charge in [-0.3, -0.25) is 0 Å². The van der Waals surface area contributed by atoms with Gasteiger partial charge in [0.25, 0.3) is 0 Å². The van der Waals surface area contributed by atoms with Gasteiger partial charge in [-0.1, -0.05) is 67.5 Å². The third-order valence-corrected chi connectivity index (χ3v) is 6.76. The molecule has 0 saturated carbocycles. The van der Waals surface area contributed by atoms with E-state index in [0.29, 0.717) is 19.6 Å². The summed E-state index contributed by atoms with van der Waals surface area (Å²) in [6.45, 7) is 22.7. The van der Waals surface area contributed by atoms with Crippen LogP contribution in [0.3, 0.4) is 0 Å². The maximum absolute atomic E-state index is 12.8. The first-order valence-corrected chi connectivity index (χ1v) is 14.8. The minimum Gasteiger partial charge on any atom is -0.448 e. The van der Waals surface area contributed by atoms with Crippen molar-refractivity contribution in [2.75, 3.05) is 26.4 Å². The molecule has 0 saturated heterocycles. The van der Waals surface area contributed by atoms with Crippen LogP contribution in [0.15, 0.2) is 23.8 Å². The van der Waals surface area contributed by atoms with Gasteiger partial charge < -0.3 is 33.7 Å². The molecule has 2 aliphatic rings. The van der Waals surface area contributed by atoms with Gasteiger partial charge in [0.1, 0.15) is 12.2 Å². The molecule has 4 atom stereocenters. The first-order chi connectivity index (χ1) is 18.2. The number of carbonyl (C=O) groups is 2. The van der Waals surface area contributed by atoms with Crippen molar-refractivity contribution >= 4 is 23.2 Å². The van der Waals surface area contributed by atoms with Gasteiger partial charge in [0.15, 0.2) is 12.6 Å². The molecule has 0 aromatic heterocycles. The smallest absolute Gasteiger partial charge is 0.408 e. The molecule has 230 valence electrons. The fraction of sp³-hybridized carbons (Fsp3) is 0.800. The second-order valence-electron chi connectivity index (χ2n) is 14.1. The van der Waals surface area contributed by atoms with E-state index in [1.807, 2.05) is 88.3 Å². The van der Waals surface area contributed by atoms with Gasteiger partial charge in [0.2, 0.25) is 0 Å². The van der Waals surface area contributed by atoms with E-state index in [2.05, 4.69) is 5.32 Å². The normalized spacial score (nSPS) is 27.6. The molecule has 4 unspecified atom stereocenters. The summed E-state index contributed by atoms with van der Waals surface area (Å²) in [5.74, 6) is 0. The van der Waals surface area contributed by atoms with Crippen molar-refractivity contribution in [1.29, 1.82) is 0 Å². The monoisotopic (exact) mass is 585 g/mol. The van der Waals surface area contributed by atoms with E-state index < -0.39 is 41.8 Å². The third-order valence-electron chi connectivity index (χ3n) is 5.88. The second-order valence-corrected chi connectivity index (χ2v) is 15.9. The van der Waals surface area contributed by atoms with E-state index in [4.69, 9.17) is 28.4 Å². The van der Waals surface area contributed by atoms with Gasteiger partial charge >= 0.3 is 11.4 Å². The highest BCUT2D eigenvalue weighted by molar-refractivity contribution is 8.14. The molecular weight excluding hydrogens is 534 g/mol. The lowest BCUT2D eigenvalue weighted by Gasteiger charge is -2.38. The van der Waals surface area contributed by atoms with Gasteiger partial charge in [0.05, 0.1) is 26.4 Å². The molecule has 2 heterocycles. The Morgan fingerprint density at radius 1 is 0.875 bits per heavy atom. The molecule has 0 aromatic rings. The molecule has 40 heavy (non-hydrogen) atoms. The summed E-state index contributed by atoms with van der Waals surface area (Å²) in [5, 5.41) is 2.52. The standard InChI is InChI=1S/C30H51NO8S/c1-27(2,3)23-35-16-14-20(22(19-37-23)39-25(32)31-28(4,5)6)17-30(10,11)24-34-15-12-13-21(18-36-24)38-26(33)40-29(7,8)9/h12-14,21-24H,15-19H2,1-11H3,(H,31,32)/b13-12+,20-14+. The Balaban J connectivity index is 2.17. The van der Waals surface area contributed by atoms with E-state index >= 15 is 0 Å². The zero-order valence-electron chi connectivity index (χ0n) is 26.3. The van der Waals surface area contributed by atoms with Crippen molar-refractivity contribution < 1.29 is 38.0 Å². The molecule has 1 amide bonds. The predicted molar refractivity (Wildman–Crippen MR) is 157 cm³/mol. The highest BCUT2D eigenvalue weighted by Crippen LogP contribution is 2.36. The van der Waals surface area contributed by atoms with Crippen LogP contribution >= 0.6 is 11.8 Å². The number of carbonyl (C=O) groups excluding carboxylic acids is 2. The van der Waals surface area contributed by atoms with E-state index in [1.54, 1.807) is 6.08 Å². The summed E-state index contributed by atoms with van der Waals surface area (Å²) in [4.78, 5) is 25.1. The number of alkyl carbamates (subject to hydrolysis) is 1. The van der Waals surface area contributed by atoms with Crippen molar-refractivity contribution in [3.63, 3.8) is 0 Å². The third kappa shape index (κ3) is 12.5. The van der Waals surface area contributed by atoms with Crippen LogP contribution < -0.4 is 5.32 Å². The Morgan fingerprint density at radius 2 is 1.50 bits per heavy atom. The Morgan fingerprint density at radius 3 is 2.10 bits per heavy atom. The quantitative estimate of drug-likeness (QED) is 0.282. The van der Waals surface area contributed by atoms with E-state index in [9.17, 15) is 9.59 Å². The Hall–Kier alpha value is -1.59. The van der Waals surface area contributed by atoms with Crippen LogP contribution in [0.2, 0.25) is 0 Å². The average molecular weight is 586 g/mol. The first-order valence-electron chi connectivity index (χ1n) is 14.0.